The number of carbonyl (C=O) groups is 2. The van der Waals surface area contributed by atoms with E-state index in [1.807, 2.05) is 0 Å². The summed E-state index contributed by atoms with van der Waals surface area (Å²) in [6, 6.07) is -1.19. The Bertz CT molecular complexity index is 369. The summed E-state index contributed by atoms with van der Waals surface area (Å²) in [6.45, 7) is 5.86. The second-order valence-corrected chi connectivity index (χ2v) is 9.72. The number of nitrogens with zero attached hydrogens (tertiary/aromatic N) is 1. The van der Waals surface area contributed by atoms with Gasteiger partial charge in [0.15, 0.2) is 0 Å². The molecule has 0 aromatic carbocycles. The Morgan fingerprint density at radius 3 is 2.83 bits per heavy atom. The minimum absolute atomic E-state index is 0.102. The molecule has 0 bridgehead atoms. The summed E-state index contributed by atoms with van der Waals surface area (Å²) in [5.41, 5.74) is 6.35. The Morgan fingerprint density at radius 2 is 2.39 bits per heavy atom. The van der Waals surface area contributed by atoms with Crippen molar-refractivity contribution >= 4 is 42.7 Å². The zero-order valence-corrected chi connectivity index (χ0v) is 18.6. The van der Waals surface area contributed by atoms with Crippen molar-refractivity contribution in [3.8, 4) is 0 Å². The molecule has 1 aliphatic rings. The van der Waals surface area contributed by atoms with Gasteiger partial charge >= 0.3 is 140 Å². The molecular weight excluding hydrogens is 556 g/mol. The van der Waals surface area contributed by atoms with Crippen molar-refractivity contribution in [2.45, 2.75) is 24.4 Å². The van der Waals surface area contributed by atoms with Crippen molar-refractivity contribution in [1.29, 1.82) is 0 Å². The third kappa shape index (κ3) is 3.40. The Labute approximate surface area is 138 Å². The van der Waals surface area contributed by atoms with E-state index in [0.717, 1.165) is 4.43 Å². The van der Waals surface area contributed by atoms with E-state index >= 15 is 0 Å². The summed E-state index contributed by atoms with van der Waals surface area (Å²) >= 11 is 2.57. The molecule has 8 heteroatoms. The average molecular weight is 570 g/mol. The van der Waals surface area contributed by atoms with E-state index < -0.39 is 18.1 Å². The van der Waals surface area contributed by atoms with Crippen molar-refractivity contribution in [3.63, 3.8) is 0 Å². The van der Waals surface area contributed by atoms with Crippen LogP contribution in [0.2, 0.25) is 0 Å². The zero-order chi connectivity index (χ0) is 13.9. The molecule has 0 aromatic rings. The SMILES string of the molecule is C=C(C)C(C(=O)OCCI)N1C(=O)C(N)C1[S][Hg+]. The van der Waals surface area contributed by atoms with Gasteiger partial charge < -0.3 is 0 Å². The van der Waals surface area contributed by atoms with Gasteiger partial charge in [-0.05, 0) is 0 Å². The van der Waals surface area contributed by atoms with Crippen molar-refractivity contribution in [1.82, 2.24) is 4.90 Å². The second-order valence-electron chi connectivity index (χ2n) is 3.93. The fraction of sp³-hybridized carbons (Fsp3) is 0.600. The summed E-state index contributed by atoms with van der Waals surface area (Å²) < 4.78 is 5.84. The normalized spacial score (nSPS) is 24.5. The Morgan fingerprint density at radius 1 is 1.78 bits per heavy atom. The van der Waals surface area contributed by atoms with Gasteiger partial charge in [0.2, 0.25) is 0 Å². The number of likely N-dealkylation sites (tertiary alicyclic amines) is 1. The van der Waals surface area contributed by atoms with Gasteiger partial charge in [-0.2, -0.15) is 0 Å². The first-order valence-corrected chi connectivity index (χ1v) is 14.6. The maximum absolute atomic E-state index is 12.0. The number of halogens is 1. The van der Waals surface area contributed by atoms with Crippen molar-refractivity contribution in [2.75, 3.05) is 11.0 Å². The molecule has 2 N–H and O–H groups in total. The molecule has 0 spiro atoms. The number of alkyl halides is 1. The molecule has 1 amide bonds. The van der Waals surface area contributed by atoms with E-state index in [-0.39, 0.29) is 11.3 Å². The first-order valence-electron chi connectivity index (χ1n) is 5.32. The van der Waals surface area contributed by atoms with E-state index in [4.69, 9.17) is 10.5 Å². The van der Waals surface area contributed by atoms with Gasteiger partial charge in [-0.3, -0.25) is 0 Å². The number of hydrogen-bond acceptors (Lipinski definition) is 5. The molecule has 1 saturated heterocycles. The number of esters is 1. The van der Waals surface area contributed by atoms with Crippen LogP contribution in [0.25, 0.3) is 0 Å². The second kappa shape index (κ2) is 7.44. The van der Waals surface area contributed by atoms with Crippen LogP contribution in [0.4, 0.5) is 0 Å². The fourth-order valence-electron chi connectivity index (χ4n) is 1.74. The van der Waals surface area contributed by atoms with Gasteiger partial charge in [-0.15, -0.1) is 0 Å². The Balaban J connectivity index is 2.82. The molecule has 1 fully saturated rings. The molecule has 96 valence electrons. The molecule has 0 radical (unpaired) electrons. The van der Waals surface area contributed by atoms with Crippen molar-refractivity contribution < 1.29 is 38.9 Å². The number of nitrogens with two attached hydrogens (primary N) is 1. The molecule has 5 nitrogen and oxygen atoms in total. The number of carbonyl (C=O) groups excluding carboxylic acids is 2. The van der Waals surface area contributed by atoms with Crippen LogP contribution in [0.3, 0.4) is 0 Å². The van der Waals surface area contributed by atoms with Crippen LogP contribution in [-0.2, 0) is 38.9 Å². The number of β-lactam (4-membered cyclic amide) rings is 1. The molecular formula is C10H14HgIN2O3S+. The summed E-state index contributed by atoms with van der Waals surface area (Å²) in [7, 11) is 1.64. The molecule has 1 rings (SSSR count). The molecule has 18 heavy (non-hydrogen) atoms. The van der Waals surface area contributed by atoms with Gasteiger partial charge in [0.25, 0.3) is 0 Å². The van der Waals surface area contributed by atoms with E-state index in [0.29, 0.717) is 36.8 Å². The molecule has 1 aliphatic heterocycles. The van der Waals surface area contributed by atoms with E-state index in [1.54, 1.807) is 15.2 Å². The Kier molecular flexibility index (Phi) is 6.91. The van der Waals surface area contributed by atoms with Gasteiger partial charge in [-0.1, -0.05) is 0 Å². The van der Waals surface area contributed by atoms with Gasteiger partial charge in [-0.25, -0.2) is 0 Å². The van der Waals surface area contributed by atoms with Crippen LogP contribution >= 0.6 is 30.8 Å². The first kappa shape index (κ1) is 16.7. The van der Waals surface area contributed by atoms with Crippen LogP contribution in [0.5, 0.6) is 0 Å². The Hall–Kier alpha value is 0.655. The third-order valence-electron chi connectivity index (χ3n) is 2.58. The van der Waals surface area contributed by atoms with Crippen LogP contribution in [0.15, 0.2) is 12.2 Å². The van der Waals surface area contributed by atoms with Gasteiger partial charge in [0, 0.05) is 0 Å². The standard InChI is InChI=1S/C10H15IN2O3S.Hg/c1-5(2)7(10(15)16-4-3-11)13-8(14)6(12)9(13)17;/h6-7,9,17H,1,3-4,12H2,2H3;/q;+2/p-1. The summed E-state index contributed by atoms with van der Waals surface area (Å²) in [5, 5.41) is -0.102. The number of amides is 1. The quantitative estimate of drug-likeness (QED) is 0.127. The van der Waals surface area contributed by atoms with Crippen LogP contribution < -0.4 is 5.73 Å². The monoisotopic (exact) mass is 571 g/mol. The molecule has 0 saturated carbocycles. The maximum atomic E-state index is 12.0. The van der Waals surface area contributed by atoms with Gasteiger partial charge in [0.05, 0.1) is 0 Å². The topological polar surface area (TPSA) is 72.6 Å². The summed E-state index contributed by atoms with van der Waals surface area (Å²) in [6.07, 6.45) is 0. The molecule has 0 aromatic heterocycles. The molecule has 0 aliphatic carbocycles. The zero-order valence-electron chi connectivity index (χ0n) is 10.1. The fourth-order valence-corrected chi connectivity index (χ4v) is 6.96. The summed E-state index contributed by atoms with van der Waals surface area (Å²) in [5.74, 6) is -0.607. The minimum atomic E-state index is -0.693. The molecule has 3 atom stereocenters. The first-order chi connectivity index (χ1) is 8.45. The van der Waals surface area contributed by atoms with E-state index in [2.05, 4.69) is 29.2 Å². The predicted molar refractivity (Wildman–Crippen MR) is 74.6 cm³/mol. The number of hydrogen-bond donors (Lipinski definition) is 1. The van der Waals surface area contributed by atoms with Crippen molar-refractivity contribution in [3.05, 3.63) is 12.2 Å². The van der Waals surface area contributed by atoms with E-state index in [9.17, 15) is 9.59 Å². The predicted octanol–water partition coefficient (Wildman–Crippen LogP) is 0.600. The average Bonchev–Trinajstić information content (AvgIpc) is 2.34. The third-order valence-corrected chi connectivity index (χ3v) is 7.87. The van der Waals surface area contributed by atoms with Crippen LogP contribution in [0.1, 0.15) is 6.92 Å². The van der Waals surface area contributed by atoms with Crippen LogP contribution in [0, 0.1) is 0 Å². The number of rotatable bonds is 6. The molecule has 3 unspecified atom stereocenters. The molecule has 1 heterocycles. The van der Waals surface area contributed by atoms with E-state index in [1.165, 1.54) is 4.90 Å². The summed E-state index contributed by atoms with van der Waals surface area (Å²) in [4.78, 5) is 25.3. The van der Waals surface area contributed by atoms with Gasteiger partial charge in [0.1, 0.15) is 0 Å². The van der Waals surface area contributed by atoms with Crippen LogP contribution in [-0.4, -0.2) is 45.3 Å². The number of ether oxygens (including phenoxy) is 1. The van der Waals surface area contributed by atoms with Crippen molar-refractivity contribution in [2.24, 2.45) is 5.73 Å².